The van der Waals surface area contributed by atoms with Crippen molar-refractivity contribution in [2.75, 3.05) is 32.8 Å². The minimum absolute atomic E-state index is 0.0734. The van der Waals surface area contributed by atoms with E-state index in [2.05, 4.69) is 5.32 Å². The van der Waals surface area contributed by atoms with E-state index in [0.29, 0.717) is 26.2 Å². The van der Waals surface area contributed by atoms with Crippen LogP contribution >= 0.6 is 0 Å². The van der Waals surface area contributed by atoms with Crippen LogP contribution in [-0.4, -0.2) is 66.5 Å². The van der Waals surface area contributed by atoms with Gasteiger partial charge in [0.05, 0.1) is 6.61 Å². The molecule has 142 valence electrons. The smallest absolute Gasteiger partial charge is 0.409 e. The number of amides is 3. The highest BCUT2D eigenvalue weighted by molar-refractivity contribution is 5.97. The van der Waals surface area contributed by atoms with Crippen molar-refractivity contribution in [3.8, 4) is 0 Å². The first kappa shape index (κ1) is 19.6. The molecule has 1 saturated heterocycles. The van der Waals surface area contributed by atoms with E-state index >= 15 is 0 Å². The highest BCUT2D eigenvalue weighted by atomic mass is 19.2. The number of carbonyl (C=O) groups is 3. The summed E-state index contributed by atoms with van der Waals surface area (Å²) in [6.45, 7) is 4.84. The largest absolute Gasteiger partial charge is 0.450 e. The Kier molecular flexibility index (Phi) is 6.48. The third-order valence-electron chi connectivity index (χ3n) is 4.02. The Morgan fingerprint density at radius 2 is 1.73 bits per heavy atom. The van der Waals surface area contributed by atoms with E-state index in [1.54, 1.807) is 6.92 Å². The summed E-state index contributed by atoms with van der Waals surface area (Å²) in [4.78, 5) is 39.2. The zero-order valence-corrected chi connectivity index (χ0v) is 14.6. The summed E-state index contributed by atoms with van der Waals surface area (Å²) in [5, 5.41) is 2.47. The summed E-state index contributed by atoms with van der Waals surface area (Å²) in [7, 11) is 0. The van der Waals surface area contributed by atoms with Crippen molar-refractivity contribution in [2.24, 2.45) is 0 Å². The molecule has 7 nitrogen and oxygen atoms in total. The summed E-state index contributed by atoms with van der Waals surface area (Å²) in [5.41, 5.74) is -0.0734. The van der Waals surface area contributed by atoms with Crippen LogP contribution in [0.1, 0.15) is 24.2 Å². The standard InChI is InChI=1S/C17H21F2N3O4/c1-3-26-17(25)22-8-6-21(7-9-22)16(24)11(2)20-15(23)12-4-5-13(18)14(19)10-12/h4-5,10-11H,3,6-9H2,1-2H3,(H,20,23)/t11-/m1/s1. The lowest BCUT2D eigenvalue weighted by atomic mass is 10.1. The van der Waals surface area contributed by atoms with Gasteiger partial charge in [-0.1, -0.05) is 0 Å². The first-order valence-electron chi connectivity index (χ1n) is 8.30. The van der Waals surface area contributed by atoms with Crippen LogP contribution in [0.4, 0.5) is 13.6 Å². The third kappa shape index (κ3) is 4.68. The van der Waals surface area contributed by atoms with Crippen molar-refractivity contribution >= 4 is 17.9 Å². The Morgan fingerprint density at radius 3 is 2.31 bits per heavy atom. The summed E-state index contributed by atoms with van der Waals surface area (Å²) < 4.78 is 31.1. The number of rotatable bonds is 4. The van der Waals surface area contributed by atoms with Crippen molar-refractivity contribution in [2.45, 2.75) is 19.9 Å². The predicted molar refractivity (Wildman–Crippen MR) is 88.5 cm³/mol. The normalized spacial score (nSPS) is 15.4. The van der Waals surface area contributed by atoms with E-state index in [1.165, 1.54) is 16.7 Å². The van der Waals surface area contributed by atoms with Crippen molar-refractivity contribution in [3.05, 3.63) is 35.4 Å². The predicted octanol–water partition coefficient (Wildman–Crippen LogP) is 1.38. The summed E-state index contributed by atoms with van der Waals surface area (Å²) in [6, 6.07) is 1.93. The van der Waals surface area contributed by atoms with Gasteiger partial charge in [0, 0.05) is 31.7 Å². The molecule has 0 bridgehead atoms. The third-order valence-corrected chi connectivity index (χ3v) is 4.02. The lowest BCUT2D eigenvalue weighted by Gasteiger charge is -2.35. The van der Waals surface area contributed by atoms with Crippen LogP contribution in [-0.2, 0) is 9.53 Å². The summed E-state index contributed by atoms with van der Waals surface area (Å²) >= 11 is 0. The van der Waals surface area contributed by atoms with Crippen molar-refractivity contribution < 1.29 is 27.9 Å². The maximum atomic E-state index is 13.2. The molecule has 1 fully saturated rings. The second-order valence-corrected chi connectivity index (χ2v) is 5.84. The monoisotopic (exact) mass is 369 g/mol. The Balaban J connectivity index is 1.88. The molecule has 1 aliphatic rings. The second kappa shape index (κ2) is 8.59. The van der Waals surface area contributed by atoms with E-state index in [-0.39, 0.29) is 18.1 Å². The molecule has 2 rings (SSSR count). The Labute approximate surface area is 149 Å². The van der Waals surface area contributed by atoms with E-state index in [4.69, 9.17) is 4.74 Å². The Hall–Kier alpha value is -2.71. The van der Waals surface area contributed by atoms with Crippen LogP contribution < -0.4 is 5.32 Å². The molecule has 0 unspecified atom stereocenters. The van der Waals surface area contributed by atoms with E-state index in [9.17, 15) is 23.2 Å². The number of nitrogens with one attached hydrogen (secondary N) is 1. The minimum atomic E-state index is -1.13. The van der Waals surface area contributed by atoms with Gasteiger partial charge in [0.15, 0.2) is 11.6 Å². The average Bonchev–Trinajstić information content (AvgIpc) is 2.63. The van der Waals surface area contributed by atoms with Gasteiger partial charge in [0.1, 0.15) is 6.04 Å². The van der Waals surface area contributed by atoms with Crippen LogP contribution in [0.25, 0.3) is 0 Å². The first-order valence-corrected chi connectivity index (χ1v) is 8.30. The number of benzene rings is 1. The van der Waals surface area contributed by atoms with Crippen molar-refractivity contribution in [1.29, 1.82) is 0 Å². The van der Waals surface area contributed by atoms with Crippen molar-refractivity contribution in [1.82, 2.24) is 15.1 Å². The van der Waals surface area contributed by atoms with Gasteiger partial charge >= 0.3 is 6.09 Å². The van der Waals surface area contributed by atoms with E-state index in [1.807, 2.05) is 0 Å². The van der Waals surface area contributed by atoms with Crippen LogP contribution in [0.2, 0.25) is 0 Å². The molecule has 1 aromatic carbocycles. The lowest BCUT2D eigenvalue weighted by Crippen LogP contribution is -2.55. The number of nitrogens with zero attached hydrogens (tertiary/aromatic N) is 2. The van der Waals surface area contributed by atoms with Gasteiger partial charge in [0.25, 0.3) is 5.91 Å². The van der Waals surface area contributed by atoms with Crippen LogP contribution in [0, 0.1) is 11.6 Å². The average molecular weight is 369 g/mol. The van der Waals surface area contributed by atoms with Gasteiger partial charge in [-0.25, -0.2) is 13.6 Å². The minimum Gasteiger partial charge on any atom is -0.450 e. The molecule has 3 amide bonds. The van der Waals surface area contributed by atoms with E-state index < -0.39 is 29.7 Å². The molecule has 0 radical (unpaired) electrons. The molecule has 0 spiro atoms. The molecule has 1 N–H and O–H groups in total. The number of halogens is 2. The van der Waals surface area contributed by atoms with Gasteiger partial charge in [0.2, 0.25) is 5.91 Å². The molecule has 1 heterocycles. The second-order valence-electron chi connectivity index (χ2n) is 5.84. The summed E-state index contributed by atoms with van der Waals surface area (Å²) in [5.74, 6) is -3.17. The zero-order chi connectivity index (χ0) is 19.3. The SMILES string of the molecule is CCOC(=O)N1CCN(C(=O)[C@@H](C)NC(=O)c2ccc(F)c(F)c2)CC1. The number of piperazine rings is 1. The highest BCUT2D eigenvalue weighted by Crippen LogP contribution is 2.10. The van der Waals surface area contributed by atoms with E-state index in [0.717, 1.165) is 18.2 Å². The molecule has 1 aromatic rings. The molecule has 1 atom stereocenters. The molecule has 0 saturated carbocycles. The number of ether oxygens (including phenoxy) is 1. The van der Waals surface area contributed by atoms with Crippen molar-refractivity contribution in [3.63, 3.8) is 0 Å². The fraction of sp³-hybridized carbons (Fsp3) is 0.471. The molecular weight excluding hydrogens is 348 g/mol. The molecular formula is C17H21F2N3O4. The lowest BCUT2D eigenvalue weighted by molar-refractivity contribution is -0.134. The molecule has 0 aliphatic carbocycles. The first-order chi connectivity index (χ1) is 12.3. The van der Waals surface area contributed by atoms with Gasteiger partial charge in [-0.3, -0.25) is 9.59 Å². The topological polar surface area (TPSA) is 79.0 Å². The number of hydrogen-bond acceptors (Lipinski definition) is 4. The van der Waals surface area contributed by atoms with Crippen LogP contribution in [0.5, 0.6) is 0 Å². The van der Waals surface area contributed by atoms with Gasteiger partial charge in [-0.05, 0) is 32.0 Å². The van der Waals surface area contributed by atoms with Gasteiger partial charge in [-0.2, -0.15) is 0 Å². The highest BCUT2D eigenvalue weighted by Gasteiger charge is 2.28. The maximum absolute atomic E-state index is 13.2. The maximum Gasteiger partial charge on any atom is 0.409 e. The Morgan fingerprint density at radius 1 is 1.12 bits per heavy atom. The fourth-order valence-corrected chi connectivity index (χ4v) is 2.58. The van der Waals surface area contributed by atoms with Crippen LogP contribution in [0.3, 0.4) is 0 Å². The molecule has 9 heteroatoms. The molecule has 1 aliphatic heterocycles. The molecule has 0 aromatic heterocycles. The van der Waals surface area contributed by atoms with Crippen LogP contribution in [0.15, 0.2) is 18.2 Å². The molecule has 26 heavy (non-hydrogen) atoms. The quantitative estimate of drug-likeness (QED) is 0.870. The fourth-order valence-electron chi connectivity index (χ4n) is 2.58. The van der Waals surface area contributed by atoms with Gasteiger partial charge < -0.3 is 19.9 Å². The zero-order valence-electron chi connectivity index (χ0n) is 14.6. The number of hydrogen-bond donors (Lipinski definition) is 1. The Bertz CT molecular complexity index is 691. The number of carbonyl (C=O) groups excluding carboxylic acids is 3. The van der Waals surface area contributed by atoms with Gasteiger partial charge in [-0.15, -0.1) is 0 Å². The summed E-state index contributed by atoms with van der Waals surface area (Å²) in [6.07, 6.45) is -0.417.